The summed E-state index contributed by atoms with van der Waals surface area (Å²) in [5.74, 6) is 0.769. The average Bonchev–Trinajstić information content (AvgIpc) is 2.15. The van der Waals surface area contributed by atoms with Gasteiger partial charge in [0.15, 0.2) is 0 Å². The first-order chi connectivity index (χ1) is 3.64. The van der Waals surface area contributed by atoms with E-state index in [9.17, 15) is 0 Å². The predicted octanol–water partition coefficient (Wildman–Crippen LogP) is 0.761. The first kappa shape index (κ1) is 6.05. The van der Waals surface area contributed by atoms with Crippen LogP contribution in [0.3, 0.4) is 0 Å². The van der Waals surface area contributed by atoms with Crippen molar-refractivity contribution >= 4 is 0 Å². The van der Waals surface area contributed by atoms with Gasteiger partial charge >= 0.3 is 0 Å². The highest BCUT2D eigenvalue weighted by Gasteiger charge is 2.39. The normalized spacial score (nSPS) is 45.4. The van der Waals surface area contributed by atoms with Crippen LogP contribution in [-0.2, 0) is 0 Å². The van der Waals surface area contributed by atoms with Gasteiger partial charge < -0.3 is 0 Å². The lowest BCUT2D eigenvalue weighted by Crippen LogP contribution is -2.03. The Labute approximate surface area is 51.0 Å². The minimum absolute atomic E-state index is 0.704. The summed E-state index contributed by atoms with van der Waals surface area (Å²) < 4.78 is 0. The molecule has 2 unspecified atom stereocenters. The molecule has 2 nitrogen and oxygen atoms in total. The molecule has 1 saturated heterocycles. The van der Waals surface area contributed by atoms with Crippen molar-refractivity contribution in [1.29, 1.82) is 0 Å². The summed E-state index contributed by atoms with van der Waals surface area (Å²) >= 11 is 0. The lowest BCUT2D eigenvalue weighted by atomic mass is 10.2. The van der Waals surface area contributed by atoms with E-state index in [2.05, 4.69) is 38.0 Å². The molecule has 0 aliphatic carbocycles. The summed E-state index contributed by atoms with van der Waals surface area (Å²) in [5.41, 5.74) is 0. The highest BCUT2D eigenvalue weighted by atomic mass is 15.8. The van der Waals surface area contributed by atoms with E-state index < -0.39 is 0 Å². The Morgan fingerprint density at radius 3 is 1.50 bits per heavy atom. The zero-order chi connectivity index (χ0) is 6.31. The zero-order valence-corrected chi connectivity index (χ0v) is 6.05. The molecule has 0 aromatic rings. The van der Waals surface area contributed by atoms with E-state index in [0.717, 1.165) is 5.92 Å². The molecule has 1 fully saturated rings. The molecule has 2 heteroatoms. The third kappa shape index (κ3) is 0.740. The Morgan fingerprint density at radius 2 is 1.50 bits per heavy atom. The molecule has 1 rings (SSSR count). The van der Waals surface area contributed by atoms with Crippen LogP contribution in [0.4, 0.5) is 0 Å². The molecule has 0 N–H and O–H groups in total. The average molecular weight is 114 g/mol. The molecule has 2 atom stereocenters. The monoisotopic (exact) mass is 114 g/mol. The van der Waals surface area contributed by atoms with Gasteiger partial charge in [-0.05, 0) is 5.92 Å². The fourth-order valence-corrected chi connectivity index (χ4v) is 1.25. The standard InChI is InChI=1S/C6H14N2/c1-5(2)6-7(3)8(6)4/h5-6H,1-4H3. The molecule has 48 valence electrons. The summed E-state index contributed by atoms with van der Waals surface area (Å²) in [6, 6.07) is 0. The lowest BCUT2D eigenvalue weighted by Gasteiger charge is -1.95. The second kappa shape index (κ2) is 1.71. The summed E-state index contributed by atoms with van der Waals surface area (Å²) in [4.78, 5) is 0. The zero-order valence-electron chi connectivity index (χ0n) is 6.05. The van der Waals surface area contributed by atoms with E-state index in [-0.39, 0.29) is 0 Å². The van der Waals surface area contributed by atoms with Crippen molar-refractivity contribution < 1.29 is 0 Å². The van der Waals surface area contributed by atoms with Crippen LogP contribution >= 0.6 is 0 Å². The predicted molar refractivity (Wildman–Crippen MR) is 34.2 cm³/mol. The van der Waals surface area contributed by atoms with Gasteiger partial charge in [0.05, 0.1) is 6.17 Å². The summed E-state index contributed by atoms with van der Waals surface area (Å²) in [7, 11) is 4.23. The molecule has 0 radical (unpaired) electrons. The van der Waals surface area contributed by atoms with E-state index in [1.807, 2.05) is 0 Å². The Morgan fingerprint density at radius 1 is 1.12 bits per heavy atom. The van der Waals surface area contributed by atoms with Crippen molar-refractivity contribution in [2.75, 3.05) is 14.1 Å². The van der Waals surface area contributed by atoms with Crippen molar-refractivity contribution in [3.8, 4) is 0 Å². The summed E-state index contributed by atoms with van der Waals surface area (Å²) in [6.45, 7) is 4.48. The minimum Gasteiger partial charge on any atom is -0.225 e. The Hall–Kier alpha value is -0.0800. The smallest absolute Gasteiger partial charge is 0.0910 e. The van der Waals surface area contributed by atoms with Gasteiger partial charge in [-0.15, -0.1) is 0 Å². The molecule has 0 aromatic heterocycles. The third-order valence-corrected chi connectivity index (χ3v) is 1.81. The van der Waals surface area contributed by atoms with Crippen molar-refractivity contribution in [2.24, 2.45) is 5.92 Å². The van der Waals surface area contributed by atoms with Crippen LogP contribution in [-0.4, -0.2) is 30.3 Å². The van der Waals surface area contributed by atoms with Crippen LogP contribution in [0.5, 0.6) is 0 Å². The van der Waals surface area contributed by atoms with Gasteiger partial charge in [-0.25, -0.2) is 10.0 Å². The summed E-state index contributed by atoms with van der Waals surface area (Å²) in [5, 5.41) is 4.48. The maximum absolute atomic E-state index is 2.24. The van der Waals surface area contributed by atoms with Gasteiger partial charge in [-0.1, -0.05) is 13.8 Å². The Kier molecular flexibility index (Phi) is 1.29. The highest BCUT2D eigenvalue weighted by Crippen LogP contribution is 2.26. The molecule has 1 heterocycles. The van der Waals surface area contributed by atoms with Crippen LogP contribution in [0.2, 0.25) is 0 Å². The second-order valence-electron chi connectivity index (χ2n) is 2.80. The molecule has 0 bridgehead atoms. The first-order valence-corrected chi connectivity index (χ1v) is 3.10. The fourth-order valence-electron chi connectivity index (χ4n) is 1.25. The van der Waals surface area contributed by atoms with Crippen molar-refractivity contribution in [2.45, 2.75) is 20.0 Å². The van der Waals surface area contributed by atoms with Crippen LogP contribution in [0.25, 0.3) is 0 Å². The quantitative estimate of drug-likeness (QED) is 0.464. The van der Waals surface area contributed by atoms with E-state index in [1.54, 1.807) is 0 Å². The SMILES string of the molecule is CC(C)C1N(C)N1C. The lowest BCUT2D eigenvalue weighted by molar-refractivity contribution is 0.412. The van der Waals surface area contributed by atoms with Gasteiger partial charge in [0.2, 0.25) is 0 Å². The number of hydrogen-bond acceptors (Lipinski definition) is 2. The summed E-state index contributed by atoms with van der Waals surface area (Å²) in [6.07, 6.45) is 0.704. The molecule has 0 saturated carbocycles. The number of rotatable bonds is 1. The molecule has 1 aliphatic rings. The van der Waals surface area contributed by atoms with Gasteiger partial charge in [0.25, 0.3) is 0 Å². The Bertz CT molecular complexity index is 75.8. The van der Waals surface area contributed by atoms with E-state index >= 15 is 0 Å². The number of hydrazine groups is 1. The number of nitrogens with zero attached hydrogens (tertiary/aromatic N) is 2. The van der Waals surface area contributed by atoms with E-state index in [1.165, 1.54) is 0 Å². The van der Waals surface area contributed by atoms with Crippen LogP contribution < -0.4 is 0 Å². The Balaban J connectivity index is 2.33. The van der Waals surface area contributed by atoms with Crippen molar-refractivity contribution in [3.63, 3.8) is 0 Å². The highest BCUT2D eigenvalue weighted by molar-refractivity contribution is 4.79. The first-order valence-electron chi connectivity index (χ1n) is 3.10. The molecule has 8 heavy (non-hydrogen) atoms. The van der Waals surface area contributed by atoms with Gasteiger partial charge in [-0.2, -0.15) is 0 Å². The largest absolute Gasteiger partial charge is 0.225 e. The second-order valence-corrected chi connectivity index (χ2v) is 2.80. The molecule has 0 aromatic carbocycles. The number of hydrogen-bond donors (Lipinski definition) is 0. The van der Waals surface area contributed by atoms with Crippen molar-refractivity contribution in [3.05, 3.63) is 0 Å². The molecule has 0 amide bonds. The molecular weight excluding hydrogens is 100 g/mol. The van der Waals surface area contributed by atoms with Crippen LogP contribution in [0.15, 0.2) is 0 Å². The maximum Gasteiger partial charge on any atom is 0.0910 e. The fraction of sp³-hybridized carbons (Fsp3) is 1.00. The van der Waals surface area contributed by atoms with Gasteiger partial charge in [0.1, 0.15) is 0 Å². The van der Waals surface area contributed by atoms with E-state index in [0.29, 0.717) is 6.17 Å². The van der Waals surface area contributed by atoms with E-state index in [4.69, 9.17) is 0 Å². The molecule has 0 spiro atoms. The van der Waals surface area contributed by atoms with Crippen LogP contribution in [0, 0.1) is 5.92 Å². The molecule has 1 aliphatic heterocycles. The van der Waals surface area contributed by atoms with Crippen molar-refractivity contribution in [1.82, 2.24) is 10.0 Å². The maximum atomic E-state index is 2.24. The minimum atomic E-state index is 0.704. The molecular formula is C6H14N2. The van der Waals surface area contributed by atoms with Crippen LogP contribution in [0.1, 0.15) is 13.8 Å². The van der Waals surface area contributed by atoms with Gasteiger partial charge in [0, 0.05) is 14.1 Å². The topological polar surface area (TPSA) is 6.02 Å². The third-order valence-electron chi connectivity index (χ3n) is 1.81. The van der Waals surface area contributed by atoms with Gasteiger partial charge in [-0.3, -0.25) is 0 Å².